The number of carbonyl (C=O) groups excluding carboxylic acids is 2. The maximum Gasteiger partial charge on any atom is 0.271 e. The molecular weight excluding hydrogens is 338 g/mol. The van der Waals surface area contributed by atoms with Gasteiger partial charge in [0.15, 0.2) is 17.5 Å². The summed E-state index contributed by atoms with van der Waals surface area (Å²) in [5, 5.41) is 13.0. The maximum atomic E-state index is 12.3. The fourth-order valence-corrected chi connectivity index (χ4v) is 2.90. The molecule has 2 amide bonds. The molecule has 2 N–H and O–H groups in total. The molecule has 4 heterocycles. The Labute approximate surface area is 148 Å². The van der Waals surface area contributed by atoms with E-state index in [2.05, 4.69) is 20.3 Å². The molecule has 0 saturated heterocycles. The molecule has 0 bridgehead atoms. The van der Waals surface area contributed by atoms with Crippen LogP contribution in [0.1, 0.15) is 16.3 Å². The van der Waals surface area contributed by atoms with Crippen LogP contribution in [0.3, 0.4) is 0 Å². The molecule has 0 unspecified atom stereocenters. The number of aryl methyl sites for hydroxylation is 1. The lowest BCUT2D eigenvalue weighted by Gasteiger charge is -2.22. The molecule has 0 aliphatic carbocycles. The third kappa shape index (κ3) is 2.53. The standard InChI is InChI=1S/C15H17N9O2/c1-21-5-6-23-10(15(21)26)7-9(19-23)14-18-12(8-11(16)25)20-24(14)13-3-4-17-22(13)2/h3-4,7H,5-6,8H2,1-2H3,(H2,16,25). The largest absolute Gasteiger partial charge is 0.369 e. The molecule has 134 valence electrons. The van der Waals surface area contributed by atoms with Gasteiger partial charge in [0.1, 0.15) is 11.4 Å². The van der Waals surface area contributed by atoms with Crippen LogP contribution in [-0.2, 0) is 24.8 Å². The van der Waals surface area contributed by atoms with Gasteiger partial charge in [0.25, 0.3) is 5.91 Å². The van der Waals surface area contributed by atoms with Gasteiger partial charge in [-0.3, -0.25) is 19.0 Å². The summed E-state index contributed by atoms with van der Waals surface area (Å²) in [6, 6.07) is 3.45. The van der Waals surface area contributed by atoms with Crippen molar-refractivity contribution in [3.63, 3.8) is 0 Å². The van der Waals surface area contributed by atoms with Crippen molar-refractivity contribution >= 4 is 11.8 Å². The molecule has 0 aromatic carbocycles. The highest BCUT2D eigenvalue weighted by Crippen LogP contribution is 2.23. The summed E-state index contributed by atoms with van der Waals surface area (Å²) in [6.07, 6.45) is 1.54. The molecular formula is C15H17N9O2. The zero-order valence-electron chi connectivity index (χ0n) is 14.3. The van der Waals surface area contributed by atoms with Crippen LogP contribution in [0.25, 0.3) is 17.3 Å². The van der Waals surface area contributed by atoms with E-state index in [1.54, 1.807) is 51.4 Å². The summed E-state index contributed by atoms with van der Waals surface area (Å²) in [7, 11) is 3.52. The molecule has 0 fully saturated rings. The van der Waals surface area contributed by atoms with Gasteiger partial charge >= 0.3 is 0 Å². The van der Waals surface area contributed by atoms with Crippen LogP contribution in [0.2, 0.25) is 0 Å². The van der Waals surface area contributed by atoms with E-state index in [1.165, 1.54) is 0 Å². The first-order valence-electron chi connectivity index (χ1n) is 8.00. The Hall–Kier alpha value is -3.50. The van der Waals surface area contributed by atoms with Crippen LogP contribution in [0, 0.1) is 0 Å². The smallest absolute Gasteiger partial charge is 0.271 e. The van der Waals surface area contributed by atoms with Crippen LogP contribution in [-0.4, -0.2) is 64.6 Å². The Kier molecular flexibility index (Phi) is 3.56. The maximum absolute atomic E-state index is 12.3. The Bertz CT molecular complexity index is 1010. The normalized spacial score (nSPS) is 13.9. The van der Waals surface area contributed by atoms with E-state index in [1.807, 2.05) is 0 Å². The summed E-state index contributed by atoms with van der Waals surface area (Å²) < 4.78 is 4.84. The average Bonchev–Trinajstić information content (AvgIpc) is 3.28. The number of aromatic nitrogens is 7. The molecule has 11 nitrogen and oxygen atoms in total. The second-order valence-corrected chi connectivity index (χ2v) is 6.08. The van der Waals surface area contributed by atoms with Crippen molar-refractivity contribution in [1.29, 1.82) is 0 Å². The second-order valence-electron chi connectivity index (χ2n) is 6.08. The number of rotatable bonds is 4. The molecule has 26 heavy (non-hydrogen) atoms. The van der Waals surface area contributed by atoms with Crippen molar-refractivity contribution in [2.24, 2.45) is 12.8 Å². The summed E-state index contributed by atoms with van der Waals surface area (Å²) in [4.78, 5) is 29.6. The van der Waals surface area contributed by atoms with Crippen LogP contribution < -0.4 is 5.73 Å². The van der Waals surface area contributed by atoms with E-state index >= 15 is 0 Å². The number of nitrogens with two attached hydrogens (primary N) is 1. The van der Waals surface area contributed by atoms with E-state index in [0.717, 1.165) is 0 Å². The quantitative estimate of drug-likeness (QED) is 0.637. The third-order valence-electron chi connectivity index (χ3n) is 4.22. The summed E-state index contributed by atoms with van der Waals surface area (Å²) in [5.41, 5.74) is 6.25. The predicted octanol–water partition coefficient (Wildman–Crippen LogP) is -1.02. The summed E-state index contributed by atoms with van der Waals surface area (Å²) in [6.45, 7) is 1.19. The van der Waals surface area contributed by atoms with E-state index in [-0.39, 0.29) is 18.2 Å². The van der Waals surface area contributed by atoms with Crippen molar-refractivity contribution < 1.29 is 9.59 Å². The second kappa shape index (κ2) is 5.79. The Balaban J connectivity index is 1.85. The van der Waals surface area contributed by atoms with Gasteiger partial charge < -0.3 is 10.6 Å². The molecule has 0 radical (unpaired) electrons. The lowest BCUT2D eigenvalue weighted by molar-refractivity contribution is -0.117. The van der Waals surface area contributed by atoms with E-state index in [9.17, 15) is 9.59 Å². The lowest BCUT2D eigenvalue weighted by Crippen LogP contribution is -2.37. The highest BCUT2D eigenvalue weighted by atomic mass is 16.2. The molecule has 11 heteroatoms. The van der Waals surface area contributed by atoms with Crippen LogP contribution in [0.4, 0.5) is 0 Å². The SMILES string of the molecule is CN1CCn2nc(-c3nc(CC(N)=O)nn3-c3ccnn3C)cc2C1=O. The van der Waals surface area contributed by atoms with Crippen molar-refractivity contribution in [1.82, 2.24) is 39.2 Å². The third-order valence-corrected chi connectivity index (χ3v) is 4.22. The van der Waals surface area contributed by atoms with Gasteiger partial charge in [-0.1, -0.05) is 0 Å². The van der Waals surface area contributed by atoms with Crippen molar-refractivity contribution in [3.8, 4) is 17.3 Å². The summed E-state index contributed by atoms with van der Waals surface area (Å²) in [5.74, 6) is 0.724. The predicted molar refractivity (Wildman–Crippen MR) is 89.2 cm³/mol. The first-order valence-corrected chi connectivity index (χ1v) is 8.00. The average molecular weight is 355 g/mol. The van der Waals surface area contributed by atoms with Gasteiger partial charge in [-0.05, 0) is 0 Å². The van der Waals surface area contributed by atoms with Crippen molar-refractivity contribution in [2.45, 2.75) is 13.0 Å². The Morgan fingerprint density at radius 3 is 2.77 bits per heavy atom. The number of hydrogen-bond donors (Lipinski definition) is 1. The van der Waals surface area contributed by atoms with Crippen LogP contribution in [0.5, 0.6) is 0 Å². The lowest BCUT2D eigenvalue weighted by atomic mass is 10.2. The fourth-order valence-electron chi connectivity index (χ4n) is 2.90. The highest BCUT2D eigenvalue weighted by Gasteiger charge is 2.27. The topological polar surface area (TPSA) is 130 Å². The minimum Gasteiger partial charge on any atom is -0.369 e. The molecule has 1 aliphatic heterocycles. The van der Waals surface area contributed by atoms with Gasteiger partial charge in [-0.25, -0.2) is 4.98 Å². The van der Waals surface area contributed by atoms with Gasteiger partial charge in [-0.2, -0.15) is 14.9 Å². The highest BCUT2D eigenvalue weighted by molar-refractivity contribution is 5.94. The number of hydrogen-bond acceptors (Lipinski definition) is 6. The molecule has 3 aromatic rings. The Morgan fingerprint density at radius 2 is 2.08 bits per heavy atom. The van der Waals surface area contributed by atoms with Gasteiger partial charge in [0.2, 0.25) is 5.91 Å². The molecule has 1 aliphatic rings. The number of fused-ring (bicyclic) bond motifs is 1. The van der Waals surface area contributed by atoms with Crippen molar-refractivity contribution in [2.75, 3.05) is 13.6 Å². The first-order chi connectivity index (χ1) is 12.4. The minimum absolute atomic E-state index is 0.0902. The molecule has 4 rings (SSSR count). The molecule has 0 atom stereocenters. The molecule has 0 saturated carbocycles. The number of likely N-dealkylation sites (N-methyl/N-ethyl adjacent to an activating group) is 1. The number of nitrogens with zero attached hydrogens (tertiary/aromatic N) is 8. The van der Waals surface area contributed by atoms with Crippen molar-refractivity contribution in [3.05, 3.63) is 29.8 Å². The number of amides is 2. The van der Waals surface area contributed by atoms with Crippen LogP contribution in [0.15, 0.2) is 18.3 Å². The number of primary amides is 1. The van der Waals surface area contributed by atoms with Gasteiger partial charge in [0.05, 0.1) is 19.2 Å². The fraction of sp³-hybridized carbons (Fsp3) is 0.333. The summed E-state index contributed by atoms with van der Waals surface area (Å²) >= 11 is 0. The van der Waals surface area contributed by atoms with Gasteiger partial charge in [-0.15, -0.1) is 5.10 Å². The number of carbonyl (C=O) groups is 2. The minimum atomic E-state index is -0.528. The first kappa shape index (κ1) is 16.0. The zero-order valence-corrected chi connectivity index (χ0v) is 14.3. The monoisotopic (exact) mass is 355 g/mol. The van der Waals surface area contributed by atoms with Gasteiger partial charge in [0, 0.05) is 32.8 Å². The van der Waals surface area contributed by atoms with Crippen LogP contribution >= 0.6 is 0 Å². The molecule has 0 spiro atoms. The van der Waals surface area contributed by atoms with E-state index in [4.69, 9.17) is 5.73 Å². The zero-order chi connectivity index (χ0) is 18.4. The van der Waals surface area contributed by atoms with E-state index < -0.39 is 5.91 Å². The molecule has 3 aromatic heterocycles. The Morgan fingerprint density at radius 1 is 1.27 bits per heavy atom. The van der Waals surface area contributed by atoms with E-state index in [0.29, 0.717) is 36.1 Å².